The van der Waals surface area contributed by atoms with Gasteiger partial charge in [-0.1, -0.05) is 24.3 Å². The van der Waals surface area contributed by atoms with Crippen LogP contribution < -0.4 is 0 Å². The summed E-state index contributed by atoms with van der Waals surface area (Å²) >= 11 is 0. The molecular formula is C18H18N2O4. The molecule has 3 amide bonds. The van der Waals surface area contributed by atoms with Gasteiger partial charge >= 0.3 is 0 Å². The SMILES string of the molecule is CC1=CC(=O)N(Cc2cccc(CN3C(=O)C(C)=CC3O)c2)C1=O. The molecule has 24 heavy (non-hydrogen) atoms. The van der Waals surface area contributed by atoms with Gasteiger partial charge in [-0.15, -0.1) is 0 Å². The molecule has 6 nitrogen and oxygen atoms in total. The Kier molecular flexibility index (Phi) is 4.07. The summed E-state index contributed by atoms with van der Waals surface area (Å²) in [5.41, 5.74) is 2.58. The lowest BCUT2D eigenvalue weighted by Crippen LogP contribution is -2.33. The Morgan fingerprint density at radius 1 is 1.00 bits per heavy atom. The van der Waals surface area contributed by atoms with E-state index in [-0.39, 0.29) is 30.8 Å². The van der Waals surface area contributed by atoms with Crippen LogP contribution in [0.3, 0.4) is 0 Å². The van der Waals surface area contributed by atoms with E-state index >= 15 is 0 Å². The van der Waals surface area contributed by atoms with Crippen LogP contribution in [0.5, 0.6) is 0 Å². The number of aliphatic hydroxyl groups is 1. The number of carbonyl (C=O) groups excluding carboxylic acids is 3. The molecule has 0 fully saturated rings. The number of amides is 3. The molecular weight excluding hydrogens is 308 g/mol. The largest absolute Gasteiger partial charge is 0.370 e. The second kappa shape index (κ2) is 6.05. The summed E-state index contributed by atoms with van der Waals surface area (Å²) in [4.78, 5) is 38.3. The van der Waals surface area contributed by atoms with Crippen LogP contribution in [0.15, 0.2) is 47.6 Å². The normalized spacial score (nSPS) is 20.8. The van der Waals surface area contributed by atoms with E-state index in [1.165, 1.54) is 22.0 Å². The standard InChI is InChI=1S/C18H18N2O4/c1-11-6-15(21)19(17(11)23)9-13-4-3-5-14(8-13)10-20-16(22)7-12(2)18(20)24/h3-8,15,21H,9-10H2,1-2H3. The highest BCUT2D eigenvalue weighted by Gasteiger charge is 2.29. The Morgan fingerprint density at radius 3 is 2.21 bits per heavy atom. The Hall–Kier alpha value is -2.73. The second-order valence-corrected chi connectivity index (χ2v) is 6.07. The average molecular weight is 326 g/mol. The minimum absolute atomic E-state index is 0.188. The zero-order chi connectivity index (χ0) is 17.4. The maximum Gasteiger partial charge on any atom is 0.256 e. The molecule has 6 heteroatoms. The van der Waals surface area contributed by atoms with Crippen LogP contribution in [0.25, 0.3) is 0 Å². The van der Waals surface area contributed by atoms with E-state index in [0.29, 0.717) is 11.1 Å². The monoisotopic (exact) mass is 326 g/mol. The van der Waals surface area contributed by atoms with Gasteiger partial charge in [0.2, 0.25) is 0 Å². The van der Waals surface area contributed by atoms with E-state index in [1.54, 1.807) is 13.8 Å². The molecule has 1 aromatic carbocycles. The molecule has 0 spiro atoms. The van der Waals surface area contributed by atoms with Crippen molar-refractivity contribution in [3.05, 3.63) is 58.7 Å². The maximum absolute atomic E-state index is 12.0. The summed E-state index contributed by atoms with van der Waals surface area (Å²) in [6.07, 6.45) is 1.93. The molecule has 0 saturated carbocycles. The molecule has 0 radical (unpaired) electrons. The van der Waals surface area contributed by atoms with Gasteiger partial charge < -0.3 is 10.0 Å². The van der Waals surface area contributed by atoms with E-state index in [2.05, 4.69) is 0 Å². The van der Waals surface area contributed by atoms with Crippen molar-refractivity contribution in [3.63, 3.8) is 0 Å². The molecule has 0 saturated heterocycles. The van der Waals surface area contributed by atoms with Gasteiger partial charge in [-0.05, 0) is 31.1 Å². The average Bonchev–Trinajstić information content (AvgIpc) is 2.91. The van der Waals surface area contributed by atoms with E-state index in [1.807, 2.05) is 24.3 Å². The number of nitrogens with zero attached hydrogens (tertiary/aromatic N) is 2. The van der Waals surface area contributed by atoms with E-state index in [9.17, 15) is 19.5 Å². The van der Waals surface area contributed by atoms with Crippen molar-refractivity contribution < 1.29 is 19.5 Å². The smallest absolute Gasteiger partial charge is 0.256 e. The Balaban J connectivity index is 1.73. The van der Waals surface area contributed by atoms with Crippen LogP contribution in [0.1, 0.15) is 25.0 Å². The molecule has 2 heterocycles. The number of hydrogen-bond donors (Lipinski definition) is 1. The summed E-state index contributed by atoms with van der Waals surface area (Å²) in [7, 11) is 0. The third-order valence-electron chi connectivity index (χ3n) is 4.19. The van der Waals surface area contributed by atoms with Gasteiger partial charge in [-0.2, -0.15) is 0 Å². The predicted octanol–water partition coefficient (Wildman–Crippen LogP) is 1.11. The van der Waals surface area contributed by atoms with E-state index in [0.717, 1.165) is 11.1 Å². The van der Waals surface area contributed by atoms with Gasteiger partial charge in [0.25, 0.3) is 17.7 Å². The van der Waals surface area contributed by atoms with Crippen molar-refractivity contribution in [1.82, 2.24) is 9.80 Å². The summed E-state index contributed by atoms with van der Waals surface area (Å²) in [5, 5.41) is 9.91. The zero-order valence-corrected chi connectivity index (χ0v) is 13.5. The first-order valence-electron chi connectivity index (χ1n) is 7.66. The minimum Gasteiger partial charge on any atom is -0.370 e. The molecule has 124 valence electrons. The van der Waals surface area contributed by atoms with Crippen molar-refractivity contribution in [1.29, 1.82) is 0 Å². The fraction of sp³-hybridized carbons (Fsp3) is 0.278. The fourth-order valence-corrected chi connectivity index (χ4v) is 2.89. The third kappa shape index (κ3) is 2.88. The number of rotatable bonds is 4. The Bertz CT molecular complexity index is 794. The molecule has 0 bridgehead atoms. The third-order valence-corrected chi connectivity index (χ3v) is 4.19. The van der Waals surface area contributed by atoms with Crippen LogP contribution in [0.2, 0.25) is 0 Å². The van der Waals surface area contributed by atoms with Gasteiger partial charge in [0.15, 0.2) is 0 Å². The van der Waals surface area contributed by atoms with Gasteiger partial charge in [0.05, 0.1) is 6.54 Å². The first kappa shape index (κ1) is 16.1. The second-order valence-electron chi connectivity index (χ2n) is 6.07. The molecule has 1 unspecified atom stereocenters. The Labute approximate surface area is 139 Å². The van der Waals surface area contributed by atoms with Gasteiger partial charge in [-0.3, -0.25) is 19.3 Å². The van der Waals surface area contributed by atoms with Crippen molar-refractivity contribution in [2.75, 3.05) is 0 Å². The first-order chi connectivity index (χ1) is 11.4. The van der Waals surface area contributed by atoms with Crippen LogP contribution in [0, 0.1) is 0 Å². The first-order valence-corrected chi connectivity index (χ1v) is 7.66. The molecule has 1 atom stereocenters. The van der Waals surface area contributed by atoms with E-state index in [4.69, 9.17) is 0 Å². The van der Waals surface area contributed by atoms with Crippen molar-refractivity contribution in [2.45, 2.75) is 33.2 Å². The number of benzene rings is 1. The number of imide groups is 1. The molecule has 1 N–H and O–H groups in total. The summed E-state index contributed by atoms with van der Waals surface area (Å²) < 4.78 is 0. The fourth-order valence-electron chi connectivity index (χ4n) is 2.89. The zero-order valence-electron chi connectivity index (χ0n) is 13.5. The van der Waals surface area contributed by atoms with Crippen molar-refractivity contribution in [2.24, 2.45) is 0 Å². The topological polar surface area (TPSA) is 77.9 Å². The lowest BCUT2D eigenvalue weighted by molar-refractivity contribution is -0.138. The number of carbonyl (C=O) groups is 3. The summed E-state index contributed by atoms with van der Waals surface area (Å²) in [6.45, 7) is 3.74. The molecule has 0 aliphatic carbocycles. The molecule has 1 aromatic rings. The summed E-state index contributed by atoms with van der Waals surface area (Å²) in [5.74, 6) is -0.791. The maximum atomic E-state index is 12.0. The Morgan fingerprint density at radius 2 is 1.67 bits per heavy atom. The van der Waals surface area contributed by atoms with Gasteiger partial charge in [-0.25, -0.2) is 0 Å². The number of hydrogen-bond acceptors (Lipinski definition) is 4. The van der Waals surface area contributed by atoms with Crippen molar-refractivity contribution in [3.8, 4) is 0 Å². The highest BCUT2D eigenvalue weighted by molar-refractivity contribution is 6.15. The van der Waals surface area contributed by atoms with Crippen LogP contribution in [0.4, 0.5) is 0 Å². The van der Waals surface area contributed by atoms with Crippen LogP contribution >= 0.6 is 0 Å². The molecule has 2 aliphatic rings. The van der Waals surface area contributed by atoms with Crippen LogP contribution in [-0.2, 0) is 27.5 Å². The molecule has 2 aliphatic heterocycles. The summed E-state index contributed by atoms with van der Waals surface area (Å²) in [6, 6.07) is 7.31. The van der Waals surface area contributed by atoms with Gasteiger partial charge in [0.1, 0.15) is 6.23 Å². The predicted molar refractivity (Wildman–Crippen MR) is 86.1 cm³/mol. The highest BCUT2D eigenvalue weighted by atomic mass is 16.3. The molecule has 0 aromatic heterocycles. The van der Waals surface area contributed by atoms with E-state index < -0.39 is 6.23 Å². The quantitative estimate of drug-likeness (QED) is 0.841. The van der Waals surface area contributed by atoms with Crippen LogP contribution in [-0.4, -0.2) is 38.9 Å². The van der Waals surface area contributed by atoms with Crippen molar-refractivity contribution >= 4 is 17.7 Å². The lowest BCUT2D eigenvalue weighted by Gasteiger charge is -2.21. The highest BCUT2D eigenvalue weighted by Crippen LogP contribution is 2.21. The van der Waals surface area contributed by atoms with Gasteiger partial charge in [0, 0.05) is 23.8 Å². The molecule has 3 rings (SSSR count). The lowest BCUT2D eigenvalue weighted by atomic mass is 10.1. The minimum atomic E-state index is -0.922. The number of aliphatic hydroxyl groups excluding tert-OH is 1.